The molecule has 0 aromatic heterocycles. The molecule has 1 atom stereocenters. The lowest BCUT2D eigenvalue weighted by Gasteiger charge is -2.34. The summed E-state index contributed by atoms with van der Waals surface area (Å²) in [5.41, 5.74) is 0.800. The number of likely N-dealkylation sites (tertiary alicyclic amines) is 1. The molecule has 2 aliphatic heterocycles. The van der Waals surface area contributed by atoms with Gasteiger partial charge in [-0.3, -0.25) is 10.1 Å². The summed E-state index contributed by atoms with van der Waals surface area (Å²) in [5.74, 6) is 0.684. The van der Waals surface area contributed by atoms with E-state index in [9.17, 15) is 10.1 Å². The maximum atomic E-state index is 10.7. The molecule has 0 aliphatic carbocycles. The van der Waals surface area contributed by atoms with Gasteiger partial charge in [0.2, 0.25) is 0 Å². The summed E-state index contributed by atoms with van der Waals surface area (Å²) in [5, 5.41) is 14.6. The number of nitrogens with zero attached hydrogens (tertiary/aromatic N) is 2. The second kappa shape index (κ2) is 7.47. The van der Waals surface area contributed by atoms with Crippen LogP contribution >= 0.6 is 11.6 Å². The Labute approximate surface area is 140 Å². The molecule has 2 fully saturated rings. The van der Waals surface area contributed by atoms with Gasteiger partial charge < -0.3 is 15.0 Å². The highest BCUT2D eigenvalue weighted by Gasteiger charge is 2.24. The Morgan fingerprint density at radius 2 is 2.13 bits per heavy atom. The number of rotatable bonds is 5. The van der Waals surface area contributed by atoms with Crippen molar-refractivity contribution in [2.24, 2.45) is 5.92 Å². The van der Waals surface area contributed by atoms with E-state index in [1.807, 2.05) is 0 Å². The molecule has 0 radical (unpaired) electrons. The molecule has 23 heavy (non-hydrogen) atoms. The van der Waals surface area contributed by atoms with Crippen molar-refractivity contribution in [3.05, 3.63) is 33.3 Å². The summed E-state index contributed by atoms with van der Waals surface area (Å²) in [4.78, 5) is 12.8. The van der Waals surface area contributed by atoms with Gasteiger partial charge in [-0.05, 0) is 31.2 Å². The van der Waals surface area contributed by atoms with Crippen LogP contribution < -0.4 is 5.32 Å². The molecule has 2 saturated heterocycles. The first-order valence-corrected chi connectivity index (χ1v) is 8.50. The maximum absolute atomic E-state index is 10.7. The van der Waals surface area contributed by atoms with E-state index in [4.69, 9.17) is 16.3 Å². The first kappa shape index (κ1) is 16.5. The Morgan fingerprint density at radius 1 is 1.35 bits per heavy atom. The fourth-order valence-corrected chi connectivity index (χ4v) is 3.54. The third-order valence-corrected chi connectivity index (χ3v) is 4.96. The third-order valence-electron chi connectivity index (χ3n) is 4.65. The van der Waals surface area contributed by atoms with E-state index in [2.05, 4.69) is 10.2 Å². The molecular formula is C16H22ClN3O3. The Balaban J connectivity index is 1.49. The van der Waals surface area contributed by atoms with Gasteiger partial charge in [-0.15, -0.1) is 0 Å². The Kier molecular flexibility index (Phi) is 5.35. The Morgan fingerprint density at radius 3 is 2.74 bits per heavy atom. The average Bonchev–Trinajstić information content (AvgIpc) is 3.04. The van der Waals surface area contributed by atoms with E-state index in [-0.39, 0.29) is 5.69 Å². The fraction of sp³-hybridized carbons (Fsp3) is 0.625. The summed E-state index contributed by atoms with van der Waals surface area (Å²) in [7, 11) is 0. The van der Waals surface area contributed by atoms with Crippen LogP contribution in [-0.2, 0) is 4.74 Å². The normalized spacial score (nSPS) is 23.1. The summed E-state index contributed by atoms with van der Waals surface area (Å²) >= 11 is 6.14. The Bertz CT molecular complexity index is 556. The number of hydrogen-bond acceptors (Lipinski definition) is 5. The third kappa shape index (κ3) is 4.34. The van der Waals surface area contributed by atoms with Crippen LogP contribution in [-0.4, -0.2) is 48.7 Å². The number of nitrogens with one attached hydrogen (secondary N) is 1. The lowest BCUT2D eigenvalue weighted by Crippen LogP contribution is -2.41. The molecule has 1 aromatic rings. The summed E-state index contributed by atoms with van der Waals surface area (Å²) < 4.78 is 5.44. The van der Waals surface area contributed by atoms with Gasteiger partial charge >= 0.3 is 0 Å². The molecule has 7 heteroatoms. The highest BCUT2D eigenvalue weighted by Crippen LogP contribution is 2.28. The SMILES string of the molecule is O=[N+]([O-])c1ccc(NC2CCN(CC3CCOC3)CC2)c(Cl)c1. The van der Waals surface area contributed by atoms with E-state index in [0.29, 0.717) is 17.0 Å². The van der Waals surface area contributed by atoms with Crippen LogP contribution in [0.1, 0.15) is 19.3 Å². The smallest absolute Gasteiger partial charge is 0.271 e. The quantitative estimate of drug-likeness (QED) is 0.659. The van der Waals surface area contributed by atoms with E-state index in [0.717, 1.165) is 51.4 Å². The van der Waals surface area contributed by atoms with Gasteiger partial charge in [0.1, 0.15) is 0 Å². The molecule has 2 heterocycles. The molecule has 1 unspecified atom stereocenters. The van der Waals surface area contributed by atoms with E-state index >= 15 is 0 Å². The maximum Gasteiger partial charge on any atom is 0.271 e. The minimum absolute atomic E-state index is 0.0224. The first-order chi connectivity index (χ1) is 11.1. The Hall–Kier alpha value is -1.37. The summed E-state index contributed by atoms with van der Waals surface area (Å²) in [6, 6.07) is 4.95. The molecular weight excluding hydrogens is 318 g/mol. The molecule has 0 bridgehead atoms. The predicted octanol–water partition coefficient (Wildman–Crippen LogP) is 3.16. The van der Waals surface area contributed by atoms with Gasteiger partial charge in [-0.1, -0.05) is 11.6 Å². The van der Waals surface area contributed by atoms with Crippen molar-refractivity contribution in [2.45, 2.75) is 25.3 Å². The number of benzene rings is 1. The second-order valence-corrected chi connectivity index (χ2v) is 6.78. The van der Waals surface area contributed by atoms with Crippen molar-refractivity contribution in [2.75, 3.05) is 38.2 Å². The number of anilines is 1. The topological polar surface area (TPSA) is 67.6 Å². The standard InChI is InChI=1S/C16H22ClN3O3/c17-15-9-14(20(21)22)1-2-16(15)18-13-3-6-19(7-4-13)10-12-5-8-23-11-12/h1-2,9,12-13,18H,3-8,10-11H2. The molecule has 2 aliphatic rings. The zero-order valence-corrected chi connectivity index (χ0v) is 13.8. The first-order valence-electron chi connectivity index (χ1n) is 8.12. The summed E-state index contributed by atoms with van der Waals surface area (Å²) in [6.07, 6.45) is 3.29. The van der Waals surface area contributed by atoms with Crippen LogP contribution in [0.4, 0.5) is 11.4 Å². The van der Waals surface area contributed by atoms with Crippen LogP contribution in [0, 0.1) is 16.0 Å². The number of nitro groups is 1. The van der Waals surface area contributed by atoms with Gasteiger partial charge in [0.25, 0.3) is 5.69 Å². The van der Waals surface area contributed by atoms with Crippen molar-refractivity contribution >= 4 is 23.0 Å². The van der Waals surface area contributed by atoms with Crippen LogP contribution in [0.2, 0.25) is 5.02 Å². The van der Waals surface area contributed by atoms with Crippen molar-refractivity contribution in [3.8, 4) is 0 Å². The number of nitro benzene ring substituents is 1. The van der Waals surface area contributed by atoms with Gasteiger partial charge in [-0.2, -0.15) is 0 Å². The minimum atomic E-state index is -0.430. The highest BCUT2D eigenvalue weighted by atomic mass is 35.5. The monoisotopic (exact) mass is 339 g/mol. The van der Waals surface area contributed by atoms with E-state index in [1.165, 1.54) is 18.6 Å². The van der Waals surface area contributed by atoms with Gasteiger partial charge in [-0.25, -0.2) is 0 Å². The molecule has 0 saturated carbocycles. The molecule has 126 valence electrons. The lowest BCUT2D eigenvalue weighted by atomic mass is 10.0. The van der Waals surface area contributed by atoms with Crippen LogP contribution in [0.15, 0.2) is 18.2 Å². The molecule has 3 rings (SSSR count). The van der Waals surface area contributed by atoms with Crippen LogP contribution in [0.5, 0.6) is 0 Å². The second-order valence-electron chi connectivity index (χ2n) is 6.37. The number of non-ortho nitro benzene ring substituents is 1. The zero-order valence-electron chi connectivity index (χ0n) is 13.0. The van der Waals surface area contributed by atoms with Crippen molar-refractivity contribution < 1.29 is 9.66 Å². The van der Waals surface area contributed by atoms with Crippen molar-refractivity contribution in [1.29, 1.82) is 0 Å². The van der Waals surface area contributed by atoms with Gasteiger partial charge in [0.05, 0.1) is 22.2 Å². The molecule has 0 amide bonds. The van der Waals surface area contributed by atoms with Crippen LogP contribution in [0.3, 0.4) is 0 Å². The number of piperidine rings is 1. The van der Waals surface area contributed by atoms with Crippen LogP contribution in [0.25, 0.3) is 0 Å². The zero-order chi connectivity index (χ0) is 16.2. The fourth-order valence-electron chi connectivity index (χ4n) is 3.31. The predicted molar refractivity (Wildman–Crippen MR) is 90.1 cm³/mol. The molecule has 6 nitrogen and oxygen atoms in total. The molecule has 0 spiro atoms. The van der Waals surface area contributed by atoms with Crippen molar-refractivity contribution in [1.82, 2.24) is 4.90 Å². The molecule has 1 aromatic carbocycles. The lowest BCUT2D eigenvalue weighted by molar-refractivity contribution is -0.384. The largest absolute Gasteiger partial charge is 0.381 e. The minimum Gasteiger partial charge on any atom is -0.381 e. The number of ether oxygens (including phenoxy) is 1. The molecule has 1 N–H and O–H groups in total. The number of halogens is 1. The van der Waals surface area contributed by atoms with Gasteiger partial charge in [0, 0.05) is 44.4 Å². The number of hydrogen-bond donors (Lipinski definition) is 1. The van der Waals surface area contributed by atoms with Gasteiger partial charge in [0.15, 0.2) is 0 Å². The highest BCUT2D eigenvalue weighted by molar-refractivity contribution is 6.33. The van der Waals surface area contributed by atoms with Crippen molar-refractivity contribution in [3.63, 3.8) is 0 Å². The van der Waals surface area contributed by atoms with E-state index < -0.39 is 4.92 Å². The van der Waals surface area contributed by atoms with E-state index in [1.54, 1.807) is 6.07 Å². The average molecular weight is 340 g/mol. The summed E-state index contributed by atoms with van der Waals surface area (Å²) in [6.45, 7) is 5.07.